The van der Waals surface area contributed by atoms with Crippen molar-refractivity contribution in [1.29, 1.82) is 0 Å². The van der Waals surface area contributed by atoms with Gasteiger partial charge in [-0.2, -0.15) is 8.42 Å². The van der Waals surface area contributed by atoms with Crippen molar-refractivity contribution in [1.82, 2.24) is 0 Å². The highest BCUT2D eigenvalue weighted by atomic mass is 32.3. The van der Waals surface area contributed by atoms with Gasteiger partial charge in [-0.1, -0.05) is 70.4 Å². The first-order valence-corrected chi connectivity index (χ1v) is 12.4. The Balaban J connectivity index is 1.84. The lowest BCUT2D eigenvalue weighted by Gasteiger charge is -2.28. The summed E-state index contributed by atoms with van der Waals surface area (Å²) in [6.07, 6.45) is 20.9. The molecule has 0 aromatic carbocycles. The molecule has 7 heteroatoms. The molecular weight excluding hydrogens is 380 g/mol. The maximum absolute atomic E-state index is 10.6. The van der Waals surface area contributed by atoms with E-state index >= 15 is 0 Å². The summed E-state index contributed by atoms with van der Waals surface area (Å²) in [5.41, 5.74) is 0. The molecule has 0 aromatic rings. The Kier molecular flexibility index (Phi) is 14.9. The van der Waals surface area contributed by atoms with Crippen LogP contribution in [0.15, 0.2) is 12.2 Å². The van der Waals surface area contributed by atoms with Gasteiger partial charge in [0, 0.05) is 0 Å². The van der Waals surface area contributed by atoms with E-state index in [0.29, 0.717) is 0 Å². The van der Waals surface area contributed by atoms with Crippen molar-refractivity contribution in [2.45, 2.75) is 109 Å². The minimum atomic E-state index is -4.45. The molecule has 28 heavy (non-hydrogen) atoms. The molecule has 0 aromatic heterocycles. The minimum absolute atomic E-state index is 0.121. The Morgan fingerprint density at radius 3 is 1.89 bits per heavy atom. The van der Waals surface area contributed by atoms with Gasteiger partial charge in [-0.05, 0) is 38.5 Å². The zero-order chi connectivity index (χ0) is 20.5. The van der Waals surface area contributed by atoms with Crippen LogP contribution in [0.3, 0.4) is 0 Å². The van der Waals surface area contributed by atoms with Gasteiger partial charge in [-0.3, -0.25) is 4.55 Å². The van der Waals surface area contributed by atoms with Gasteiger partial charge in [-0.25, -0.2) is 4.18 Å². The van der Waals surface area contributed by atoms with Crippen LogP contribution in [-0.4, -0.2) is 38.6 Å². The maximum atomic E-state index is 10.6. The summed E-state index contributed by atoms with van der Waals surface area (Å²) in [5, 5.41) is 0. The van der Waals surface area contributed by atoms with E-state index in [1.54, 1.807) is 0 Å². The molecule has 1 N–H and O–H groups in total. The maximum Gasteiger partial charge on any atom is 0.397 e. The number of hydrogen-bond acceptors (Lipinski definition) is 5. The second kappa shape index (κ2) is 16.3. The average molecular weight is 421 g/mol. The molecule has 0 bridgehead atoms. The van der Waals surface area contributed by atoms with E-state index in [1.165, 1.54) is 70.6 Å². The van der Waals surface area contributed by atoms with Crippen LogP contribution in [0.1, 0.15) is 96.8 Å². The molecule has 0 aliphatic carbocycles. The van der Waals surface area contributed by atoms with E-state index in [4.69, 9.17) is 14.0 Å². The molecule has 1 saturated heterocycles. The molecule has 166 valence electrons. The lowest BCUT2D eigenvalue weighted by molar-refractivity contribution is -0.213. The zero-order valence-electron chi connectivity index (χ0n) is 17.5. The van der Waals surface area contributed by atoms with Crippen molar-refractivity contribution in [3.05, 3.63) is 12.2 Å². The Bertz CT molecular complexity index is 483. The molecule has 6 nitrogen and oxygen atoms in total. The highest BCUT2D eigenvalue weighted by Crippen LogP contribution is 2.17. The monoisotopic (exact) mass is 420 g/mol. The summed E-state index contributed by atoms with van der Waals surface area (Å²) < 4.78 is 45.2. The number of allylic oxidation sites excluding steroid dienone is 2. The van der Waals surface area contributed by atoms with Crippen molar-refractivity contribution >= 4 is 10.4 Å². The smallest absolute Gasteiger partial charge is 0.350 e. The van der Waals surface area contributed by atoms with Crippen LogP contribution in [0, 0.1) is 0 Å². The van der Waals surface area contributed by atoms with E-state index in [0.717, 1.165) is 19.3 Å². The fraction of sp³-hybridized carbons (Fsp3) is 0.905. The van der Waals surface area contributed by atoms with E-state index in [9.17, 15) is 8.42 Å². The zero-order valence-corrected chi connectivity index (χ0v) is 18.3. The molecule has 0 radical (unpaired) electrons. The fourth-order valence-electron chi connectivity index (χ4n) is 3.30. The minimum Gasteiger partial charge on any atom is -0.350 e. The van der Waals surface area contributed by atoms with Crippen LogP contribution in [0.4, 0.5) is 0 Å². The van der Waals surface area contributed by atoms with Gasteiger partial charge < -0.3 is 9.47 Å². The van der Waals surface area contributed by atoms with Gasteiger partial charge in [0.05, 0.1) is 13.2 Å². The van der Waals surface area contributed by atoms with Crippen LogP contribution >= 0.6 is 0 Å². The predicted octanol–water partition coefficient (Wildman–Crippen LogP) is 5.58. The molecule has 0 spiro atoms. The summed E-state index contributed by atoms with van der Waals surface area (Å²) >= 11 is 0. The van der Waals surface area contributed by atoms with Crippen LogP contribution in [0.25, 0.3) is 0 Å². The van der Waals surface area contributed by atoms with Crippen molar-refractivity contribution in [2.24, 2.45) is 0 Å². The van der Waals surface area contributed by atoms with Crippen LogP contribution in [0.5, 0.6) is 0 Å². The van der Waals surface area contributed by atoms with Crippen LogP contribution < -0.4 is 0 Å². The largest absolute Gasteiger partial charge is 0.397 e. The number of ether oxygens (including phenoxy) is 2. The normalized spacial score (nSPS) is 20.8. The third-order valence-corrected chi connectivity index (χ3v) is 5.41. The molecule has 1 fully saturated rings. The molecule has 0 amide bonds. The van der Waals surface area contributed by atoms with Crippen LogP contribution in [-0.2, 0) is 24.1 Å². The molecule has 1 aliphatic rings. The second-order valence-electron chi connectivity index (χ2n) is 7.62. The van der Waals surface area contributed by atoms with E-state index < -0.39 is 16.5 Å². The quantitative estimate of drug-likeness (QED) is 0.188. The molecule has 1 heterocycles. The van der Waals surface area contributed by atoms with Crippen molar-refractivity contribution in [3.8, 4) is 0 Å². The Labute approximate surface area is 172 Å². The number of unbranched alkanes of at least 4 members (excludes halogenated alkanes) is 11. The highest BCUT2D eigenvalue weighted by Gasteiger charge is 2.26. The van der Waals surface area contributed by atoms with E-state index in [2.05, 4.69) is 23.3 Å². The Morgan fingerprint density at radius 1 is 0.857 bits per heavy atom. The topological polar surface area (TPSA) is 82.1 Å². The average Bonchev–Trinajstić information content (AvgIpc) is 2.65. The van der Waals surface area contributed by atoms with Crippen molar-refractivity contribution in [3.63, 3.8) is 0 Å². The van der Waals surface area contributed by atoms with E-state index in [1.807, 2.05) is 0 Å². The summed E-state index contributed by atoms with van der Waals surface area (Å²) in [6.45, 7) is 2.50. The third-order valence-electron chi connectivity index (χ3n) is 4.90. The number of rotatable bonds is 17. The summed E-state index contributed by atoms with van der Waals surface area (Å²) in [4.78, 5) is 0. The predicted molar refractivity (Wildman–Crippen MR) is 112 cm³/mol. The molecule has 0 saturated carbocycles. The fourth-order valence-corrected chi connectivity index (χ4v) is 3.76. The first-order valence-electron chi connectivity index (χ1n) is 11.0. The highest BCUT2D eigenvalue weighted by molar-refractivity contribution is 7.80. The van der Waals surface area contributed by atoms with Gasteiger partial charge in [0.1, 0.15) is 6.10 Å². The van der Waals surface area contributed by atoms with Crippen LogP contribution in [0.2, 0.25) is 0 Å². The Morgan fingerprint density at radius 2 is 1.36 bits per heavy atom. The van der Waals surface area contributed by atoms with Gasteiger partial charge in [0.15, 0.2) is 6.29 Å². The summed E-state index contributed by atoms with van der Waals surface area (Å²) in [5.74, 6) is 0. The van der Waals surface area contributed by atoms with Gasteiger partial charge in [0.2, 0.25) is 0 Å². The van der Waals surface area contributed by atoms with Crippen molar-refractivity contribution in [2.75, 3.05) is 13.2 Å². The summed E-state index contributed by atoms with van der Waals surface area (Å²) in [6, 6.07) is 0. The van der Waals surface area contributed by atoms with E-state index in [-0.39, 0.29) is 19.5 Å². The van der Waals surface area contributed by atoms with Gasteiger partial charge in [0.25, 0.3) is 0 Å². The molecule has 0 atom stereocenters. The molecule has 0 unspecified atom stereocenters. The third kappa shape index (κ3) is 15.5. The lowest BCUT2D eigenvalue weighted by atomic mass is 10.1. The van der Waals surface area contributed by atoms with Gasteiger partial charge >= 0.3 is 10.4 Å². The SMILES string of the molecule is CCCCCCCC/C=C\CCCCCCCC1OCC(OS(=O)(=O)O)CO1. The van der Waals surface area contributed by atoms with Gasteiger partial charge in [-0.15, -0.1) is 0 Å². The molecular formula is C21H40O6S. The molecule has 1 aliphatic heterocycles. The van der Waals surface area contributed by atoms with Crippen molar-refractivity contribution < 1.29 is 26.6 Å². The number of hydrogen-bond donors (Lipinski definition) is 1. The first-order chi connectivity index (χ1) is 13.5. The second-order valence-corrected chi connectivity index (χ2v) is 8.66. The standard InChI is InChI=1S/C21H40O6S/c1-2-3-4-5-6-7-8-9-10-11-12-13-14-15-16-17-21-25-18-20(19-26-21)27-28(22,23)24/h9-10,20-21H,2-8,11-19H2,1H3,(H,22,23,24)/b10-9-. The Hall–Kier alpha value is -0.470. The molecule has 1 rings (SSSR count). The summed E-state index contributed by atoms with van der Waals surface area (Å²) in [7, 11) is -4.45. The first kappa shape index (κ1) is 25.6. The lowest BCUT2D eigenvalue weighted by Crippen LogP contribution is -2.38.